The van der Waals surface area contributed by atoms with Gasteiger partial charge in [0.1, 0.15) is 5.75 Å². The van der Waals surface area contributed by atoms with Crippen molar-refractivity contribution in [2.24, 2.45) is 5.73 Å². The molecule has 0 spiro atoms. The molecule has 1 aromatic heterocycles. The van der Waals surface area contributed by atoms with E-state index in [-0.39, 0.29) is 6.04 Å². The molecule has 0 saturated heterocycles. The lowest BCUT2D eigenvalue weighted by molar-refractivity contribution is 0.415. The molecule has 0 fully saturated rings. The van der Waals surface area contributed by atoms with Crippen LogP contribution in [0.4, 0.5) is 0 Å². The summed E-state index contributed by atoms with van der Waals surface area (Å²) in [6.07, 6.45) is 0. The molecule has 2 nitrogen and oxygen atoms in total. The van der Waals surface area contributed by atoms with Crippen LogP contribution < -0.4 is 10.5 Å². The molecular weight excluding hydrogens is 290 g/mol. The van der Waals surface area contributed by atoms with E-state index in [1.165, 1.54) is 10.1 Å². The molecule has 1 unspecified atom stereocenters. The molecule has 0 bridgehead atoms. The van der Waals surface area contributed by atoms with Crippen LogP contribution in [-0.2, 0) is 0 Å². The molecule has 0 radical (unpaired) electrons. The van der Waals surface area contributed by atoms with E-state index in [2.05, 4.69) is 17.5 Å². The van der Waals surface area contributed by atoms with Crippen molar-refractivity contribution in [3.63, 3.8) is 0 Å². The minimum atomic E-state index is -0.186. The fourth-order valence-electron chi connectivity index (χ4n) is 2.29. The smallest absolute Gasteiger partial charge is 0.137 e. The molecule has 2 N–H and O–H groups in total. The number of hydrogen-bond donors (Lipinski definition) is 1. The normalized spacial score (nSPS) is 12.6. The van der Waals surface area contributed by atoms with Gasteiger partial charge in [0, 0.05) is 4.70 Å². The van der Waals surface area contributed by atoms with E-state index < -0.39 is 0 Å². The molecule has 20 heavy (non-hydrogen) atoms. The second-order valence-corrected chi connectivity index (χ2v) is 5.88. The average Bonchev–Trinajstić information content (AvgIpc) is 2.90. The van der Waals surface area contributed by atoms with E-state index in [1.807, 2.05) is 30.3 Å². The molecule has 1 atom stereocenters. The quantitative estimate of drug-likeness (QED) is 0.767. The van der Waals surface area contributed by atoms with Gasteiger partial charge < -0.3 is 10.5 Å². The summed E-state index contributed by atoms with van der Waals surface area (Å²) in [6.45, 7) is 0. The van der Waals surface area contributed by atoms with Gasteiger partial charge in [0.2, 0.25) is 0 Å². The van der Waals surface area contributed by atoms with Gasteiger partial charge in [0.25, 0.3) is 0 Å². The maximum Gasteiger partial charge on any atom is 0.137 e. The molecule has 102 valence electrons. The van der Waals surface area contributed by atoms with Crippen molar-refractivity contribution in [2.45, 2.75) is 6.04 Å². The van der Waals surface area contributed by atoms with E-state index in [0.717, 1.165) is 11.1 Å². The lowest BCUT2D eigenvalue weighted by Gasteiger charge is -2.13. The van der Waals surface area contributed by atoms with Crippen LogP contribution >= 0.6 is 22.9 Å². The Morgan fingerprint density at radius 3 is 2.75 bits per heavy atom. The maximum absolute atomic E-state index is 6.39. The first-order chi connectivity index (χ1) is 9.70. The third kappa shape index (κ3) is 2.29. The molecule has 0 amide bonds. The van der Waals surface area contributed by atoms with Gasteiger partial charge in [-0.2, -0.15) is 0 Å². The molecule has 0 saturated carbocycles. The second kappa shape index (κ2) is 5.44. The molecule has 0 aliphatic heterocycles. The molecule has 3 rings (SSSR count). The van der Waals surface area contributed by atoms with Crippen LogP contribution in [-0.4, -0.2) is 7.11 Å². The van der Waals surface area contributed by atoms with Gasteiger partial charge in [-0.25, -0.2) is 0 Å². The van der Waals surface area contributed by atoms with Crippen molar-refractivity contribution >= 4 is 33.0 Å². The Bertz CT molecular complexity index is 753. The third-order valence-corrected chi connectivity index (χ3v) is 4.66. The van der Waals surface area contributed by atoms with Crippen LogP contribution in [0.3, 0.4) is 0 Å². The Balaban J connectivity index is 2.04. The van der Waals surface area contributed by atoms with Crippen LogP contribution in [0.1, 0.15) is 17.2 Å². The highest BCUT2D eigenvalue weighted by Crippen LogP contribution is 2.34. The van der Waals surface area contributed by atoms with Crippen LogP contribution in [0.15, 0.2) is 47.8 Å². The number of benzene rings is 2. The van der Waals surface area contributed by atoms with Crippen LogP contribution in [0.2, 0.25) is 5.02 Å². The molecular formula is C16H14ClNOS. The molecule has 4 heteroatoms. The Kier molecular flexibility index (Phi) is 3.66. The van der Waals surface area contributed by atoms with Crippen LogP contribution in [0, 0.1) is 0 Å². The summed E-state index contributed by atoms with van der Waals surface area (Å²) in [6, 6.07) is 13.8. The Morgan fingerprint density at radius 2 is 2.00 bits per heavy atom. The molecule has 2 aromatic carbocycles. The Labute approximate surface area is 126 Å². The predicted molar refractivity (Wildman–Crippen MR) is 85.9 cm³/mol. The number of thiophene rings is 1. The second-order valence-electron chi connectivity index (χ2n) is 4.56. The summed E-state index contributed by atoms with van der Waals surface area (Å²) >= 11 is 7.89. The first-order valence-corrected chi connectivity index (χ1v) is 7.51. The predicted octanol–water partition coefficient (Wildman–Crippen LogP) is 4.61. The van der Waals surface area contributed by atoms with Crippen molar-refractivity contribution in [3.8, 4) is 5.75 Å². The van der Waals surface area contributed by atoms with Gasteiger partial charge in [-0.15, -0.1) is 11.3 Å². The third-order valence-electron chi connectivity index (χ3n) is 3.38. The number of ether oxygens (including phenoxy) is 1. The first-order valence-electron chi connectivity index (χ1n) is 6.26. The van der Waals surface area contributed by atoms with Gasteiger partial charge in [0.15, 0.2) is 0 Å². The van der Waals surface area contributed by atoms with E-state index >= 15 is 0 Å². The monoisotopic (exact) mass is 303 g/mol. The number of methoxy groups -OCH3 is 1. The summed E-state index contributed by atoms with van der Waals surface area (Å²) in [7, 11) is 1.60. The summed E-state index contributed by atoms with van der Waals surface area (Å²) in [5.41, 5.74) is 8.51. The highest BCUT2D eigenvalue weighted by molar-refractivity contribution is 7.17. The minimum Gasteiger partial charge on any atom is -0.495 e. The summed E-state index contributed by atoms with van der Waals surface area (Å²) in [5, 5.41) is 3.91. The van der Waals surface area contributed by atoms with Crippen LogP contribution in [0.25, 0.3) is 10.1 Å². The number of hydrogen-bond acceptors (Lipinski definition) is 3. The summed E-state index contributed by atoms with van der Waals surface area (Å²) < 4.78 is 6.42. The van der Waals surface area contributed by atoms with Gasteiger partial charge >= 0.3 is 0 Å². The molecule has 0 aliphatic carbocycles. The maximum atomic E-state index is 6.39. The van der Waals surface area contributed by atoms with Crippen molar-refractivity contribution in [2.75, 3.05) is 7.11 Å². The van der Waals surface area contributed by atoms with E-state index in [9.17, 15) is 0 Å². The van der Waals surface area contributed by atoms with Crippen molar-refractivity contribution in [1.82, 2.24) is 0 Å². The Hall–Kier alpha value is -1.55. The van der Waals surface area contributed by atoms with E-state index in [0.29, 0.717) is 10.8 Å². The SMILES string of the molecule is COc1ccc(C(N)c2csc3ccccc23)cc1Cl. The largest absolute Gasteiger partial charge is 0.495 e. The van der Waals surface area contributed by atoms with Gasteiger partial charge in [-0.3, -0.25) is 0 Å². The topological polar surface area (TPSA) is 35.2 Å². The van der Waals surface area contributed by atoms with E-state index in [1.54, 1.807) is 18.4 Å². The number of halogens is 1. The molecule has 0 aliphatic rings. The van der Waals surface area contributed by atoms with Crippen molar-refractivity contribution < 1.29 is 4.74 Å². The molecule has 1 heterocycles. The summed E-state index contributed by atoms with van der Waals surface area (Å²) in [5.74, 6) is 0.665. The van der Waals surface area contributed by atoms with Crippen molar-refractivity contribution in [1.29, 1.82) is 0 Å². The summed E-state index contributed by atoms with van der Waals surface area (Å²) in [4.78, 5) is 0. The lowest BCUT2D eigenvalue weighted by atomic mass is 9.99. The highest BCUT2D eigenvalue weighted by atomic mass is 35.5. The van der Waals surface area contributed by atoms with E-state index in [4.69, 9.17) is 22.1 Å². The minimum absolute atomic E-state index is 0.186. The first kappa shape index (κ1) is 13.4. The Morgan fingerprint density at radius 1 is 1.20 bits per heavy atom. The molecule has 3 aromatic rings. The zero-order valence-corrected chi connectivity index (χ0v) is 12.5. The zero-order valence-electron chi connectivity index (χ0n) is 11.0. The lowest BCUT2D eigenvalue weighted by Crippen LogP contribution is -2.11. The number of nitrogens with two attached hydrogens (primary N) is 1. The van der Waals surface area contributed by atoms with Crippen LogP contribution in [0.5, 0.6) is 5.75 Å². The zero-order chi connectivity index (χ0) is 14.1. The standard InChI is InChI=1S/C16H14ClNOS/c1-19-14-7-6-10(8-13(14)17)16(18)12-9-20-15-5-3-2-4-11(12)15/h2-9,16H,18H2,1H3. The van der Waals surface area contributed by atoms with Gasteiger partial charge in [-0.05, 0) is 40.1 Å². The average molecular weight is 304 g/mol. The van der Waals surface area contributed by atoms with Gasteiger partial charge in [-0.1, -0.05) is 35.9 Å². The van der Waals surface area contributed by atoms with Gasteiger partial charge in [0.05, 0.1) is 18.2 Å². The fourth-order valence-corrected chi connectivity index (χ4v) is 3.56. The number of fused-ring (bicyclic) bond motifs is 1. The van der Waals surface area contributed by atoms with Crippen molar-refractivity contribution in [3.05, 3.63) is 64.0 Å². The number of rotatable bonds is 3. The fraction of sp³-hybridized carbons (Fsp3) is 0.125. The highest BCUT2D eigenvalue weighted by Gasteiger charge is 2.15.